The van der Waals surface area contributed by atoms with Crippen molar-refractivity contribution in [2.75, 3.05) is 4.90 Å². The number of hydrogen-bond donors (Lipinski definition) is 1. The number of nitrogens with zero attached hydrogens (tertiary/aromatic N) is 1. The summed E-state index contributed by atoms with van der Waals surface area (Å²) in [7, 11) is 0. The van der Waals surface area contributed by atoms with E-state index in [0.717, 1.165) is 10.5 Å². The number of carbonyl (C=O) groups excluding carboxylic acids is 2. The van der Waals surface area contributed by atoms with Crippen molar-refractivity contribution in [3.8, 4) is 11.3 Å². The fourth-order valence-corrected chi connectivity index (χ4v) is 2.90. The van der Waals surface area contributed by atoms with Gasteiger partial charge in [0.05, 0.1) is 5.69 Å². The van der Waals surface area contributed by atoms with Crippen LogP contribution in [0.5, 0.6) is 0 Å². The van der Waals surface area contributed by atoms with Gasteiger partial charge < -0.3 is 9.73 Å². The first-order valence-electron chi connectivity index (χ1n) is 7.90. The van der Waals surface area contributed by atoms with E-state index in [4.69, 9.17) is 16.0 Å². The molecule has 0 saturated carbocycles. The van der Waals surface area contributed by atoms with Crippen LogP contribution < -0.4 is 10.2 Å². The van der Waals surface area contributed by atoms with Gasteiger partial charge in [-0.05, 0) is 30.3 Å². The molecule has 1 saturated heterocycles. The first-order valence-corrected chi connectivity index (χ1v) is 8.27. The Morgan fingerprint density at radius 2 is 1.77 bits per heavy atom. The van der Waals surface area contributed by atoms with Crippen LogP contribution in [0.15, 0.2) is 76.8 Å². The maximum Gasteiger partial charge on any atom is 0.333 e. The summed E-state index contributed by atoms with van der Waals surface area (Å²) in [5, 5.41) is 3.01. The molecule has 6 heteroatoms. The zero-order chi connectivity index (χ0) is 18.1. The standard InChI is InChI=1S/C20H13ClN2O3/c21-14-7-4-8-15(11-14)23-19(24)17(22-20(23)25)12-16-9-10-18(26-16)13-5-2-1-3-6-13/h1-12H,(H,22,25)/b17-12+. The van der Waals surface area contributed by atoms with Crippen molar-refractivity contribution in [2.45, 2.75) is 0 Å². The minimum absolute atomic E-state index is 0.143. The summed E-state index contributed by atoms with van der Waals surface area (Å²) >= 11 is 5.95. The number of imide groups is 1. The second-order valence-electron chi connectivity index (χ2n) is 5.68. The summed E-state index contributed by atoms with van der Waals surface area (Å²) in [6, 6.07) is 19.2. The first kappa shape index (κ1) is 16.2. The lowest BCUT2D eigenvalue weighted by Crippen LogP contribution is -2.30. The number of anilines is 1. The van der Waals surface area contributed by atoms with Crippen molar-refractivity contribution >= 4 is 35.3 Å². The molecule has 1 aliphatic heterocycles. The van der Waals surface area contributed by atoms with Gasteiger partial charge in [-0.25, -0.2) is 9.69 Å². The maximum absolute atomic E-state index is 12.6. The molecule has 1 aromatic heterocycles. The quantitative estimate of drug-likeness (QED) is 0.541. The third-order valence-corrected chi connectivity index (χ3v) is 4.15. The molecule has 3 aromatic rings. The van der Waals surface area contributed by atoms with E-state index in [-0.39, 0.29) is 5.70 Å². The summed E-state index contributed by atoms with van der Waals surface area (Å²) in [4.78, 5) is 25.8. The lowest BCUT2D eigenvalue weighted by atomic mass is 10.2. The minimum Gasteiger partial charge on any atom is -0.457 e. The predicted molar refractivity (Wildman–Crippen MR) is 99.6 cm³/mol. The van der Waals surface area contributed by atoms with E-state index in [2.05, 4.69) is 5.32 Å². The van der Waals surface area contributed by atoms with E-state index < -0.39 is 11.9 Å². The van der Waals surface area contributed by atoms with Crippen LogP contribution in [0, 0.1) is 0 Å². The van der Waals surface area contributed by atoms with Crippen molar-refractivity contribution in [3.05, 3.63) is 83.2 Å². The first-order chi connectivity index (χ1) is 12.6. The molecule has 0 aliphatic carbocycles. The maximum atomic E-state index is 12.6. The highest BCUT2D eigenvalue weighted by Crippen LogP contribution is 2.26. The fourth-order valence-electron chi connectivity index (χ4n) is 2.72. The number of hydrogen-bond acceptors (Lipinski definition) is 3. The average molecular weight is 365 g/mol. The molecule has 1 aliphatic rings. The Bertz CT molecular complexity index is 1020. The molecule has 128 valence electrons. The summed E-state index contributed by atoms with van der Waals surface area (Å²) in [6.07, 6.45) is 1.51. The molecule has 0 atom stereocenters. The van der Waals surface area contributed by atoms with Gasteiger partial charge in [-0.15, -0.1) is 0 Å². The van der Waals surface area contributed by atoms with Crippen LogP contribution in [0.1, 0.15) is 5.76 Å². The molecule has 1 N–H and O–H groups in total. The summed E-state index contributed by atoms with van der Waals surface area (Å²) in [5.74, 6) is 0.691. The van der Waals surface area contributed by atoms with Crippen LogP contribution in [0.4, 0.5) is 10.5 Å². The number of carbonyl (C=O) groups is 2. The number of nitrogens with one attached hydrogen (secondary N) is 1. The Labute approximate surface area is 154 Å². The Hall–Kier alpha value is -3.31. The van der Waals surface area contributed by atoms with Gasteiger partial charge in [-0.3, -0.25) is 4.79 Å². The van der Waals surface area contributed by atoms with Crippen LogP contribution in [-0.2, 0) is 4.79 Å². The molecule has 1 fully saturated rings. The molecule has 0 radical (unpaired) electrons. The molecule has 0 bridgehead atoms. The summed E-state index contributed by atoms with van der Waals surface area (Å²) in [5.41, 5.74) is 1.48. The van der Waals surface area contributed by atoms with Gasteiger partial charge in [0.25, 0.3) is 5.91 Å². The Kier molecular flexibility index (Phi) is 4.07. The van der Waals surface area contributed by atoms with Gasteiger partial charge in [0, 0.05) is 16.7 Å². The number of rotatable bonds is 3. The van der Waals surface area contributed by atoms with Gasteiger partial charge >= 0.3 is 6.03 Å². The van der Waals surface area contributed by atoms with Crippen molar-refractivity contribution in [1.82, 2.24) is 5.32 Å². The van der Waals surface area contributed by atoms with Crippen LogP contribution in [0.3, 0.4) is 0 Å². The molecule has 2 heterocycles. The smallest absolute Gasteiger partial charge is 0.333 e. The SMILES string of the molecule is O=C1N/C(=C/c2ccc(-c3ccccc3)o2)C(=O)N1c1cccc(Cl)c1. The summed E-state index contributed by atoms with van der Waals surface area (Å²) < 4.78 is 5.76. The zero-order valence-electron chi connectivity index (χ0n) is 13.5. The number of amides is 3. The second-order valence-corrected chi connectivity index (χ2v) is 6.11. The van der Waals surface area contributed by atoms with Crippen molar-refractivity contribution in [1.29, 1.82) is 0 Å². The third-order valence-electron chi connectivity index (χ3n) is 3.92. The molecule has 0 spiro atoms. The predicted octanol–water partition coefficient (Wildman–Crippen LogP) is 4.70. The largest absolute Gasteiger partial charge is 0.457 e. The number of benzene rings is 2. The Morgan fingerprint density at radius 3 is 2.54 bits per heavy atom. The highest BCUT2D eigenvalue weighted by Gasteiger charge is 2.35. The van der Waals surface area contributed by atoms with Crippen molar-refractivity contribution in [2.24, 2.45) is 0 Å². The number of halogens is 1. The highest BCUT2D eigenvalue weighted by molar-refractivity contribution is 6.32. The minimum atomic E-state index is -0.529. The lowest BCUT2D eigenvalue weighted by molar-refractivity contribution is -0.113. The monoisotopic (exact) mass is 364 g/mol. The molecule has 3 amide bonds. The van der Waals surface area contributed by atoms with Gasteiger partial charge in [-0.2, -0.15) is 0 Å². The van der Waals surface area contributed by atoms with Gasteiger partial charge in [0.15, 0.2) is 0 Å². The molecule has 0 unspecified atom stereocenters. The number of urea groups is 1. The molecule has 5 nitrogen and oxygen atoms in total. The third kappa shape index (κ3) is 3.00. The van der Waals surface area contributed by atoms with E-state index in [9.17, 15) is 9.59 Å². The van der Waals surface area contributed by atoms with Gasteiger partial charge in [0.2, 0.25) is 0 Å². The Morgan fingerprint density at radius 1 is 0.962 bits per heavy atom. The normalized spacial score (nSPS) is 15.6. The van der Waals surface area contributed by atoms with Crippen molar-refractivity contribution < 1.29 is 14.0 Å². The molecule has 4 rings (SSSR count). The Balaban J connectivity index is 1.62. The highest BCUT2D eigenvalue weighted by atomic mass is 35.5. The van der Waals surface area contributed by atoms with E-state index in [1.165, 1.54) is 6.08 Å². The molecular weight excluding hydrogens is 352 g/mol. The summed E-state index contributed by atoms with van der Waals surface area (Å²) in [6.45, 7) is 0. The van der Waals surface area contributed by atoms with Crippen LogP contribution in [0.25, 0.3) is 17.4 Å². The number of furan rings is 1. The van der Waals surface area contributed by atoms with Gasteiger partial charge in [0.1, 0.15) is 17.2 Å². The van der Waals surface area contributed by atoms with E-state index in [0.29, 0.717) is 22.2 Å². The topological polar surface area (TPSA) is 62.6 Å². The average Bonchev–Trinajstić information content (AvgIpc) is 3.21. The van der Waals surface area contributed by atoms with E-state index in [1.54, 1.807) is 30.3 Å². The van der Waals surface area contributed by atoms with Crippen LogP contribution in [-0.4, -0.2) is 11.9 Å². The van der Waals surface area contributed by atoms with E-state index >= 15 is 0 Å². The lowest BCUT2D eigenvalue weighted by Gasteiger charge is -2.11. The van der Waals surface area contributed by atoms with Gasteiger partial charge in [-0.1, -0.05) is 48.0 Å². The van der Waals surface area contributed by atoms with Crippen LogP contribution in [0.2, 0.25) is 5.02 Å². The van der Waals surface area contributed by atoms with Crippen LogP contribution >= 0.6 is 11.6 Å². The second kappa shape index (κ2) is 6.54. The molecule has 26 heavy (non-hydrogen) atoms. The van der Waals surface area contributed by atoms with E-state index in [1.807, 2.05) is 36.4 Å². The zero-order valence-corrected chi connectivity index (χ0v) is 14.2. The molecular formula is C20H13ClN2O3. The van der Waals surface area contributed by atoms with Crippen molar-refractivity contribution in [3.63, 3.8) is 0 Å². The fraction of sp³-hybridized carbons (Fsp3) is 0. The molecule has 2 aromatic carbocycles.